The zero-order valence-corrected chi connectivity index (χ0v) is 15.9. The normalized spacial score (nSPS) is 27.1. The second-order valence-electron chi connectivity index (χ2n) is 7.31. The van der Waals surface area contributed by atoms with Crippen molar-refractivity contribution in [2.75, 3.05) is 33.1 Å². The maximum absolute atomic E-state index is 10.4. The molecule has 0 bridgehead atoms. The molecule has 0 amide bonds. The molecule has 0 unspecified atom stereocenters. The number of nitrogens with zero attached hydrogens (tertiary/aromatic N) is 1. The van der Waals surface area contributed by atoms with Crippen molar-refractivity contribution in [3.05, 3.63) is 0 Å². The van der Waals surface area contributed by atoms with Crippen molar-refractivity contribution in [1.29, 1.82) is 0 Å². The van der Waals surface area contributed by atoms with Crippen LogP contribution in [0.15, 0.2) is 0 Å². The van der Waals surface area contributed by atoms with Crippen LogP contribution in [0, 0.1) is 11.8 Å². The highest BCUT2D eigenvalue weighted by atomic mass is 28.3. The van der Waals surface area contributed by atoms with Gasteiger partial charge in [0, 0.05) is 33.7 Å². The zero-order chi connectivity index (χ0) is 16.6. The molecule has 1 aliphatic heterocycles. The summed E-state index contributed by atoms with van der Waals surface area (Å²) in [5.74, 6) is 0.300. The van der Waals surface area contributed by atoms with E-state index in [0.717, 1.165) is 25.6 Å². The fraction of sp³-hybridized carbons (Fsp3) is 1.00. The largest absolute Gasteiger partial charge is 0.392 e. The summed E-state index contributed by atoms with van der Waals surface area (Å²) >= 11 is 0. The highest BCUT2D eigenvalue weighted by molar-refractivity contribution is 6.76. The van der Waals surface area contributed by atoms with E-state index in [-0.39, 0.29) is 17.9 Å². The lowest BCUT2D eigenvalue weighted by atomic mass is 9.85. The van der Waals surface area contributed by atoms with E-state index in [2.05, 4.69) is 26.6 Å². The fourth-order valence-corrected chi connectivity index (χ4v) is 3.41. The summed E-state index contributed by atoms with van der Waals surface area (Å²) in [5, 5.41) is 12.3. The van der Waals surface area contributed by atoms with E-state index >= 15 is 0 Å². The minimum atomic E-state index is -1.04. The van der Waals surface area contributed by atoms with Crippen molar-refractivity contribution >= 4 is 15.6 Å². The van der Waals surface area contributed by atoms with Gasteiger partial charge in [-0.3, -0.25) is 0 Å². The van der Waals surface area contributed by atoms with Crippen LogP contribution in [-0.2, 0) is 14.2 Å². The van der Waals surface area contributed by atoms with E-state index in [4.69, 9.17) is 14.2 Å². The van der Waals surface area contributed by atoms with Crippen LogP contribution < -0.4 is 0 Å². The SMILES string of the molecule is C[B]ON1C[C@@H](CC)[C@H](O)[C@@H](COCOCC[Si](C)(C)C)C1. The van der Waals surface area contributed by atoms with Gasteiger partial charge in [0.2, 0.25) is 0 Å². The molecule has 0 aromatic rings. The molecule has 3 atom stereocenters. The number of ether oxygens (including phenoxy) is 2. The molecule has 0 aliphatic carbocycles. The van der Waals surface area contributed by atoms with Crippen LogP contribution in [0.5, 0.6) is 0 Å². The van der Waals surface area contributed by atoms with Crippen LogP contribution in [0.4, 0.5) is 0 Å². The van der Waals surface area contributed by atoms with Crippen LogP contribution >= 0.6 is 0 Å². The first-order valence-electron chi connectivity index (χ1n) is 8.40. The summed E-state index contributed by atoms with van der Waals surface area (Å²) < 4.78 is 16.7. The molecule has 129 valence electrons. The van der Waals surface area contributed by atoms with Gasteiger partial charge in [0.15, 0.2) is 0 Å². The summed E-state index contributed by atoms with van der Waals surface area (Å²) in [6, 6.07) is 1.15. The Morgan fingerprint density at radius 2 is 1.86 bits per heavy atom. The van der Waals surface area contributed by atoms with E-state index in [1.54, 1.807) is 7.48 Å². The van der Waals surface area contributed by atoms with Crippen LogP contribution in [0.2, 0.25) is 32.5 Å². The average molecular weight is 330 g/mol. The predicted octanol–water partition coefficient (Wildman–Crippen LogP) is 2.23. The number of rotatable bonds is 10. The van der Waals surface area contributed by atoms with Gasteiger partial charge in [0.1, 0.15) is 6.79 Å². The fourth-order valence-electron chi connectivity index (χ4n) is 2.65. The van der Waals surface area contributed by atoms with Gasteiger partial charge in [-0.25, -0.2) is 5.06 Å². The van der Waals surface area contributed by atoms with E-state index in [1.807, 2.05) is 11.9 Å². The number of piperidine rings is 1. The Balaban J connectivity index is 2.27. The van der Waals surface area contributed by atoms with Gasteiger partial charge in [-0.2, -0.15) is 0 Å². The number of hydrogen-bond donors (Lipinski definition) is 1. The van der Waals surface area contributed by atoms with E-state index in [1.165, 1.54) is 0 Å². The number of hydroxylamine groups is 2. The zero-order valence-electron chi connectivity index (χ0n) is 14.9. The van der Waals surface area contributed by atoms with E-state index in [0.29, 0.717) is 19.9 Å². The first-order valence-corrected chi connectivity index (χ1v) is 12.1. The Kier molecular flexibility index (Phi) is 9.20. The highest BCUT2D eigenvalue weighted by Crippen LogP contribution is 2.25. The average Bonchev–Trinajstić information content (AvgIpc) is 2.44. The molecule has 0 saturated carbocycles. The lowest BCUT2D eigenvalue weighted by Gasteiger charge is -2.40. The maximum atomic E-state index is 10.4. The molecule has 1 N–H and O–H groups in total. The first-order chi connectivity index (χ1) is 10.4. The Bertz CT molecular complexity index is 304. The molecule has 5 nitrogen and oxygen atoms in total. The third kappa shape index (κ3) is 7.57. The van der Waals surface area contributed by atoms with Crippen molar-refractivity contribution in [2.24, 2.45) is 11.8 Å². The Hall–Kier alpha value is 0.0818. The molecule has 0 aromatic heterocycles. The molecule has 0 aromatic carbocycles. The Morgan fingerprint density at radius 3 is 2.45 bits per heavy atom. The van der Waals surface area contributed by atoms with Gasteiger partial charge in [-0.05, 0) is 18.4 Å². The Labute approximate surface area is 137 Å². The maximum Gasteiger partial charge on any atom is 0.321 e. The molecule has 7 heteroatoms. The summed E-state index contributed by atoms with van der Waals surface area (Å²) in [5.41, 5.74) is 0. The molecule has 0 spiro atoms. The van der Waals surface area contributed by atoms with Crippen molar-refractivity contribution in [1.82, 2.24) is 5.06 Å². The van der Waals surface area contributed by atoms with Gasteiger partial charge in [0.05, 0.1) is 12.7 Å². The third-order valence-electron chi connectivity index (χ3n) is 4.12. The van der Waals surface area contributed by atoms with Crippen molar-refractivity contribution in [3.63, 3.8) is 0 Å². The van der Waals surface area contributed by atoms with Gasteiger partial charge < -0.3 is 19.3 Å². The molecule has 1 saturated heterocycles. The van der Waals surface area contributed by atoms with E-state index in [9.17, 15) is 5.11 Å². The predicted molar refractivity (Wildman–Crippen MR) is 92.5 cm³/mol. The van der Waals surface area contributed by atoms with Crippen LogP contribution in [0.1, 0.15) is 13.3 Å². The van der Waals surface area contributed by atoms with Crippen LogP contribution in [0.25, 0.3) is 0 Å². The van der Waals surface area contributed by atoms with Gasteiger partial charge >= 0.3 is 7.48 Å². The molecule has 1 radical (unpaired) electrons. The molecule has 1 heterocycles. The molecule has 1 aliphatic rings. The van der Waals surface area contributed by atoms with Crippen molar-refractivity contribution < 1.29 is 19.3 Å². The third-order valence-corrected chi connectivity index (χ3v) is 5.82. The van der Waals surface area contributed by atoms with E-state index < -0.39 is 8.07 Å². The number of aliphatic hydroxyl groups excluding tert-OH is 1. The van der Waals surface area contributed by atoms with Crippen LogP contribution in [0.3, 0.4) is 0 Å². The number of hydrogen-bond acceptors (Lipinski definition) is 5. The van der Waals surface area contributed by atoms with Crippen LogP contribution in [-0.4, -0.2) is 64.9 Å². The molecule has 22 heavy (non-hydrogen) atoms. The van der Waals surface area contributed by atoms with Gasteiger partial charge in [-0.15, -0.1) is 0 Å². The lowest BCUT2D eigenvalue weighted by Crippen LogP contribution is -2.50. The summed E-state index contributed by atoms with van der Waals surface area (Å²) in [4.78, 5) is 0. The molecular formula is C15H33BNO4Si. The second-order valence-corrected chi connectivity index (χ2v) is 12.9. The summed E-state index contributed by atoms with van der Waals surface area (Å²) in [6.45, 7) is 14.0. The minimum Gasteiger partial charge on any atom is -0.392 e. The summed E-state index contributed by atoms with van der Waals surface area (Å²) in [6.07, 6.45) is 0.609. The number of aliphatic hydroxyl groups is 1. The standard InChI is InChI=1S/C15H33BNO4Si/c1-6-13-9-17(21-16-2)10-14(15(13)18)11-20-12-19-7-8-22(3,4)5/h13-15,18H,6-12H2,1-5H3/t13-,14-,15+/m1/s1. The molecular weight excluding hydrogens is 297 g/mol. The molecule has 1 fully saturated rings. The quantitative estimate of drug-likeness (QED) is 0.378. The lowest BCUT2D eigenvalue weighted by molar-refractivity contribution is -0.163. The topological polar surface area (TPSA) is 51.2 Å². The molecule has 1 rings (SSSR count). The highest BCUT2D eigenvalue weighted by Gasteiger charge is 2.35. The summed E-state index contributed by atoms with van der Waals surface area (Å²) in [7, 11) is 0.642. The van der Waals surface area contributed by atoms with Crippen molar-refractivity contribution in [3.8, 4) is 0 Å². The van der Waals surface area contributed by atoms with Gasteiger partial charge in [-0.1, -0.05) is 33.4 Å². The van der Waals surface area contributed by atoms with Gasteiger partial charge in [0.25, 0.3) is 0 Å². The minimum absolute atomic E-state index is 0.0687. The second kappa shape index (κ2) is 10.1. The smallest absolute Gasteiger partial charge is 0.321 e. The monoisotopic (exact) mass is 330 g/mol. The van der Waals surface area contributed by atoms with Crippen molar-refractivity contribution in [2.45, 2.75) is 52.0 Å². The Morgan fingerprint density at radius 1 is 1.18 bits per heavy atom. The first kappa shape index (κ1) is 20.1.